The number of amides is 1. The van der Waals surface area contributed by atoms with Gasteiger partial charge in [0.1, 0.15) is 22.1 Å². The third kappa shape index (κ3) is 4.46. The van der Waals surface area contributed by atoms with E-state index in [0.29, 0.717) is 28.5 Å². The van der Waals surface area contributed by atoms with Crippen molar-refractivity contribution in [3.8, 4) is 17.1 Å². The molecule has 0 atom stereocenters. The quantitative estimate of drug-likeness (QED) is 0.554. The fraction of sp³-hybridized carbons (Fsp3) is 0.227. The number of ether oxygens (including phenoxy) is 3. The second-order valence-electron chi connectivity index (χ2n) is 6.60. The number of fused-ring (bicyclic) bond motifs is 1. The minimum Gasteiger partial charge on any atom is -0.493 e. The van der Waals surface area contributed by atoms with Crippen LogP contribution in [0, 0.1) is 0 Å². The summed E-state index contributed by atoms with van der Waals surface area (Å²) in [7, 11) is 0. The summed E-state index contributed by atoms with van der Waals surface area (Å²) in [6.07, 6.45) is 2.22. The molecule has 0 aliphatic carbocycles. The number of carbonyl (C=O) groups excluding carboxylic acids is 3. The van der Waals surface area contributed by atoms with Crippen LogP contribution in [0.15, 0.2) is 46.4 Å². The number of hydrogen-bond donors (Lipinski definition) is 1. The number of carbonyl (C=O) groups is 3. The highest BCUT2D eigenvalue weighted by Crippen LogP contribution is 2.36. The highest BCUT2D eigenvalue weighted by molar-refractivity contribution is 7.15. The Morgan fingerprint density at radius 3 is 2.81 bits per heavy atom. The molecule has 8 nitrogen and oxygen atoms in total. The summed E-state index contributed by atoms with van der Waals surface area (Å²) < 4.78 is 21.0. The van der Waals surface area contributed by atoms with Gasteiger partial charge in [-0.05, 0) is 42.8 Å². The standard InChI is InChI=1S/C22H19NO7S/c1-2-27-22(26)19-15(17-4-3-8-28-17)12-31-20(19)23-18(24)11-30-21(25)14-5-6-16-13(10-14)7-9-29-16/h3-6,8,10,12H,2,7,9,11H2,1H3,(H,23,24). The summed E-state index contributed by atoms with van der Waals surface area (Å²) in [4.78, 5) is 37.1. The Bertz CT molecular complexity index is 1120. The second-order valence-corrected chi connectivity index (χ2v) is 7.48. The van der Waals surface area contributed by atoms with Gasteiger partial charge in [0.05, 0.1) is 25.0 Å². The van der Waals surface area contributed by atoms with Gasteiger partial charge < -0.3 is 23.9 Å². The van der Waals surface area contributed by atoms with E-state index in [-0.39, 0.29) is 12.2 Å². The molecule has 9 heteroatoms. The van der Waals surface area contributed by atoms with Crippen molar-refractivity contribution in [3.05, 3.63) is 58.7 Å². The Kier molecular flexibility index (Phi) is 6.03. The van der Waals surface area contributed by atoms with Crippen LogP contribution in [0.3, 0.4) is 0 Å². The van der Waals surface area contributed by atoms with Crippen molar-refractivity contribution >= 4 is 34.2 Å². The SMILES string of the molecule is CCOC(=O)c1c(-c2ccco2)csc1NC(=O)COC(=O)c1ccc2c(c1)CCO2. The first-order chi connectivity index (χ1) is 15.1. The summed E-state index contributed by atoms with van der Waals surface area (Å²) in [6, 6.07) is 8.42. The number of rotatable bonds is 7. The van der Waals surface area contributed by atoms with E-state index in [2.05, 4.69) is 5.32 Å². The molecule has 3 aromatic rings. The van der Waals surface area contributed by atoms with Gasteiger partial charge in [-0.25, -0.2) is 9.59 Å². The third-order valence-corrected chi connectivity index (χ3v) is 5.47. The van der Waals surface area contributed by atoms with Gasteiger partial charge in [0, 0.05) is 17.4 Å². The lowest BCUT2D eigenvalue weighted by molar-refractivity contribution is -0.119. The van der Waals surface area contributed by atoms with Crippen LogP contribution in [0.4, 0.5) is 5.00 Å². The molecule has 31 heavy (non-hydrogen) atoms. The molecule has 0 spiro atoms. The molecule has 0 saturated heterocycles. The molecule has 0 radical (unpaired) electrons. The van der Waals surface area contributed by atoms with Gasteiger partial charge >= 0.3 is 11.9 Å². The predicted molar refractivity (Wildman–Crippen MR) is 113 cm³/mol. The monoisotopic (exact) mass is 441 g/mol. The summed E-state index contributed by atoms with van der Waals surface area (Å²) >= 11 is 1.15. The van der Waals surface area contributed by atoms with Gasteiger partial charge in [0.25, 0.3) is 5.91 Å². The van der Waals surface area contributed by atoms with E-state index in [4.69, 9.17) is 18.6 Å². The average molecular weight is 441 g/mol. The zero-order valence-corrected chi connectivity index (χ0v) is 17.5. The van der Waals surface area contributed by atoms with Crippen LogP contribution in [-0.4, -0.2) is 37.7 Å². The first-order valence-corrected chi connectivity index (χ1v) is 10.5. The zero-order valence-electron chi connectivity index (χ0n) is 16.6. The molecule has 0 fully saturated rings. The minimum atomic E-state index is -0.613. The van der Waals surface area contributed by atoms with Crippen LogP contribution in [0.2, 0.25) is 0 Å². The average Bonchev–Trinajstić information content (AvgIpc) is 3.51. The van der Waals surface area contributed by atoms with Gasteiger partial charge in [0.15, 0.2) is 6.61 Å². The first-order valence-electron chi connectivity index (χ1n) is 9.62. The number of hydrogen-bond acceptors (Lipinski definition) is 8. The predicted octanol–water partition coefficient (Wildman–Crippen LogP) is 3.92. The van der Waals surface area contributed by atoms with Crippen molar-refractivity contribution in [1.29, 1.82) is 0 Å². The molecule has 1 aromatic carbocycles. The minimum absolute atomic E-state index is 0.184. The smallest absolute Gasteiger partial charge is 0.341 e. The van der Waals surface area contributed by atoms with Crippen LogP contribution >= 0.6 is 11.3 Å². The maximum atomic E-state index is 12.5. The van der Waals surface area contributed by atoms with Gasteiger partial charge in [-0.1, -0.05) is 0 Å². The maximum Gasteiger partial charge on any atom is 0.341 e. The van der Waals surface area contributed by atoms with Crippen LogP contribution in [0.1, 0.15) is 33.2 Å². The molecule has 1 amide bonds. The van der Waals surface area contributed by atoms with Crippen LogP contribution < -0.4 is 10.1 Å². The lowest BCUT2D eigenvalue weighted by Gasteiger charge is -2.09. The lowest BCUT2D eigenvalue weighted by atomic mass is 10.1. The zero-order chi connectivity index (χ0) is 21.8. The molecular formula is C22H19NO7S. The van der Waals surface area contributed by atoms with Gasteiger partial charge in [0.2, 0.25) is 0 Å². The van der Waals surface area contributed by atoms with Crippen LogP contribution in [0.25, 0.3) is 11.3 Å². The van der Waals surface area contributed by atoms with Gasteiger partial charge in [-0.3, -0.25) is 4.79 Å². The van der Waals surface area contributed by atoms with Gasteiger partial charge in [-0.15, -0.1) is 11.3 Å². The van der Waals surface area contributed by atoms with E-state index >= 15 is 0 Å². The Hall–Kier alpha value is -3.59. The van der Waals surface area contributed by atoms with Crippen molar-refractivity contribution in [2.45, 2.75) is 13.3 Å². The van der Waals surface area contributed by atoms with E-state index < -0.39 is 24.5 Å². The molecule has 1 aliphatic rings. The molecule has 0 saturated carbocycles. The molecule has 3 heterocycles. The Morgan fingerprint density at radius 2 is 2.03 bits per heavy atom. The highest BCUT2D eigenvalue weighted by atomic mass is 32.1. The van der Waals surface area contributed by atoms with Crippen LogP contribution in [0.5, 0.6) is 5.75 Å². The molecule has 2 aromatic heterocycles. The molecule has 1 aliphatic heterocycles. The normalized spacial score (nSPS) is 12.0. The second kappa shape index (κ2) is 9.05. The number of nitrogens with one attached hydrogen (secondary N) is 1. The largest absolute Gasteiger partial charge is 0.493 e. The number of thiophene rings is 1. The molecule has 0 bridgehead atoms. The fourth-order valence-electron chi connectivity index (χ4n) is 3.16. The number of benzene rings is 1. The Morgan fingerprint density at radius 1 is 1.16 bits per heavy atom. The van der Waals surface area contributed by atoms with Crippen molar-refractivity contribution in [1.82, 2.24) is 0 Å². The molecular weight excluding hydrogens is 422 g/mol. The summed E-state index contributed by atoms with van der Waals surface area (Å²) in [6.45, 7) is 1.96. The highest BCUT2D eigenvalue weighted by Gasteiger charge is 2.24. The maximum absolute atomic E-state index is 12.5. The van der Waals surface area contributed by atoms with E-state index in [1.807, 2.05) is 0 Å². The molecule has 160 valence electrons. The lowest BCUT2D eigenvalue weighted by Crippen LogP contribution is -2.21. The summed E-state index contributed by atoms with van der Waals surface area (Å²) in [5, 5.41) is 4.61. The summed E-state index contributed by atoms with van der Waals surface area (Å²) in [5.74, 6) is -0.533. The Labute approximate surface area is 181 Å². The third-order valence-electron chi connectivity index (χ3n) is 4.57. The van der Waals surface area contributed by atoms with Crippen molar-refractivity contribution in [3.63, 3.8) is 0 Å². The first kappa shape index (κ1) is 20.7. The topological polar surface area (TPSA) is 104 Å². The van der Waals surface area contributed by atoms with E-state index in [1.54, 1.807) is 42.6 Å². The number of esters is 2. The molecule has 0 unspecified atom stereocenters. The van der Waals surface area contributed by atoms with E-state index in [9.17, 15) is 14.4 Å². The fourth-order valence-corrected chi connectivity index (χ4v) is 4.11. The van der Waals surface area contributed by atoms with Crippen molar-refractivity contribution < 1.29 is 33.0 Å². The van der Waals surface area contributed by atoms with Gasteiger partial charge in [-0.2, -0.15) is 0 Å². The summed E-state index contributed by atoms with van der Waals surface area (Å²) in [5.41, 5.74) is 1.99. The van der Waals surface area contributed by atoms with E-state index in [0.717, 1.165) is 29.1 Å². The van der Waals surface area contributed by atoms with Crippen molar-refractivity contribution in [2.24, 2.45) is 0 Å². The molecule has 4 rings (SSSR count). The molecule has 1 N–H and O–H groups in total. The van der Waals surface area contributed by atoms with Crippen LogP contribution in [-0.2, 0) is 20.7 Å². The number of anilines is 1. The van der Waals surface area contributed by atoms with Crippen molar-refractivity contribution in [2.75, 3.05) is 25.1 Å². The van der Waals surface area contributed by atoms with E-state index in [1.165, 1.54) is 6.26 Å². The Balaban J connectivity index is 1.43. The number of furan rings is 1.